The number of carbonyl (C=O) groups excluding carboxylic acids is 2. The van der Waals surface area contributed by atoms with Gasteiger partial charge < -0.3 is 10.2 Å². The first kappa shape index (κ1) is 19.4. The number of hydrogen-bond donors (Lipinski definition) is 1. The predicted octanol–water partition coefficient (Wildman–Crippen LogP) is 1.94. The molecule has 0 bridgehead atoms. The van der Waals surface area contributed by atoms with Gasteiger partial charge in [0, 0.05) is 16.8 Å². The summed E-state index contributed by atoms with van der Waals surface area (Å²) in [5.74, 6) is -0.273. The van der Waals surface area contributed by atoms with Crippen molar-refractivity contribution in [2.75, 3.05) is 16.9 Å². The smallest absolute Gasteiger partial charge is 0.272 e. The average molecular weight is 433 g/mol. The van der Waals surface area contributed by atoms with Crippen LogP contribution in [0.3, 0.4) is 0 Å². The molecular formula is C23H20N4O3S. The van der Waals surface area contributed by atoms with Gasteiger partial charge in [-0.3, -0.25) is 19.0 Å². The number of ketones is 1. The molecule has 2 aromatic carbocycles. The molecule has 5 rings (SSSR count). The third kappa shape index (κ3) is 3.11. The van der Waals surface area contributed by atoms with E-state index in [-0.39, 0.29) is 17.2 Å². The number of aromatic nitrogens is 1. The number of amides is 1. The van der Waals surface area contributed by atoms with Crippen molar-refractivity contribution in [1.29, 1.82) is 0 Å². The molecule has 8 heteroatoms. The van der Waals surface area contributed by atoms with Crippen LogP contribution in [0.25, 0.3) is 5.57 Å². The Labute approximate surface area is 182 Å². The zero-order valence-electron chi connectivity index (χ0n) is 17.4. The number of nitrogens with zero attached hydrogens (tertiary/aromatic N) is 3. The second-order valence-electron chi connectivity index (χ2n) is 7.87. The van der Waals surface area contributed by atoms with Crippen molar-refractivity contribution in [2.24, 2.45) is 4.99 Å². The first-order valence-corrected chi connectivity index (χ1v) is 10.7. The van der Waals surface area contributed by atoms with Gasteiger partial charge >= 0.3 is 0 Å². The van der Waals surface area contributed by atoms with Crippen LogP contribution in [0.15, 0.2) is 46.2 Å². The highest BCUT2D eigenvalue weighted by atomic mass is 32.1. The Morgan fingerprint density at radius 1 is 1.16 bits per heavy atom. The lowest BCUT2D eigenvalue weighted by atomic mass is 10.0. The predicted molar refractivity (Wildman–Crippen MR) is 120 cm³/mol. The van der Waals surface area contributed by atoms with E-state index in [2.05, 4.69) is 10.3 Å². The van der Waals surface area contributed by atoms with Crippen LogP contribution < -0.4 is 25.1 Å². The molecule has 0 unspecified atom stereocenters. The summed E-state index contributed by atoms with van der Waals surface area (Å²) < 4.78 is 1.99. The van der Waals surface area contributed by atoms with E-state index in [0.29, 0.717) is 33.8 Å². The van der Waals surface area contributed by atoms with E-state index >= 15 is 0 Å². The molecule has 156 valence electrons. The molecule has 2 aliphatic rings. The molecule has 7 nitrogen and oxygen atoms in total. The standard InChI is InChI=1S/C23H20N4O3S/c1-12-7-13(2)19-17(8-12)18(21(29)25-19)20-22(30)27-11-26(10-24-23(27)31-20)16-6-4-5-15(9-16)14(3)28/h4-9H,10-11H2,1-3H3,(H,25,29). The summed E-state index contributed by atoms with van der Waals surface area (Å²) >= 11 is 1.25. The average Bonchev–Trinajstić information content (AvgIpc) is 3.24. The number of Topliss-reactive ketones (excluding diaryl/α,β-unsaturated/α-hetero) is 1. The second kappa shape index (κ2) is 7.02. The first-order chi connectivity index (χ1) is 14.8. The Hall–Kier alpha value is -3.52. The van der Waals surface area contributed by atoms with E-state index in [1.807, 2.05) is 49.1 Å². The maximum atomic E-state index is 13.3. The zero-order valence-corrected chi connectivity index (χ0v) is 18.2. The van der Waals surface area contributed by atoms with E-state index in [0.717, 1.165) is 28.1 Å². The fourth-order valence-electron chi connectivity index (χ4n) is 4.10. The largest absolute Gasteiger partial charge is 0.334 e. The van der Waals surface area contributed by atoms with Gasteiger partial charge in [-0.25, -0.2) is 4.99 Å². The summed E-state index contributed by atoms with van der Waals surface area (Å²) in [5, 5.41) is 2.91. The van der Waals surface area contributed by atoms with E-state index in [1.165, 1.54) is 18.3 Å². The van der Waals surface area contributed by atoms with Crippen LogP contribution in [0.1, 0.15) is 34.0 Å². The number of rotatable bonds is 2. The van der Waals surface area contributed by atoms with Crippen LogP contribution in [0.4, 0.5) is 11.4 Å². The van der Waals surface area contributed by atoms with Crippen molar-refractivity contribution >= 4 is 40.0 Å². The number of fused-ring (bicyclic) bond motifs is 2. The third-order valence-corrected chi connectivity index (χ3v) is 6.73. The highest BCUT2D eigenvalue weighted by molar-refractivity contribution is 7.07. The van der Waals surface area contributed by atoms with Gasteiger partial charge in [0.2, 0.25) is 0 Å². The summed E-state index contributed by atoms with van der Waals surface area (Å²) in [6.45, 7) is 6.13. The zero-order chi connectivity index (χ0) is 21.9. The fourth-order valence-corrected chi connectivity index (χ4v) is 5.16. The Morgan fingerprint density at radius 2 is 1.97 bits per heavy atom. The molecule has 1 aromatic heterocycles. The number of anilines is 2. The number of thiazole rings is 1. The molecule has 0 spiro atoms. The molecule has 0 aliphatic carbocycles. The number of hydrogen-bond acceptors (Lipinski definition) is 6. The van der Waals surface area contributed by atoms with Crippen molar-refractivity contribution in [2.45, 2.75) is 27.4 Å². The van der Waals surface area contributed by atoms with Gasteiger partial charge in [0.05, 0.1) is 11.3 Å². The maximum absolute atomic E-state index is 13.3. The minimum atomic E-state index is -0.258. The van der Waals surface area contributed by atoms with Crippen molar-refractivity contribution in [3.63, 3.8) is 0 Å². The van der Waals surface area contributed by atoms with Gasteiger partial charge in [0.15, 0.2) is 10.6 Å². The van der Waals surface area contributed by atoms with Crippen LogP contribution in [0, 0.1) is 13.8 Å². The number of nitrogens with one attached hydrogen (secondary N) is 1. The molecule has 31 heavy (non-hydrogen) atoms. The number of carbonyl (C=O) groups is 2. The topological polar surface area (TPSA) is 83.8 Å². The highest BCUT2D eigenvalue weighted by Gasteiger charge is 2.29. The van der Waals surface area contributed by atoms with Gasteiger partial charge in [-0.2, -0.15) is 0 Å². The molecule has 1 N–H and O–H groups in total. The minimum absolute atomic E-state index is 0.0145. The van der Waals surface area contributed by atoms with E-state index < -0.39 is 0 Å². The van der Waals surface area contributed by atoms with Crippen LogP contribution in [-0.4, -0.2) is 22.9 Å². The van der Waals surface area contributed by atoms with Crippen LogP contribution in [0.2, 0.25) is 0 Å². The van der Waals surface area contributed by atoms with Gasteiger partial charge in [0.25, 0.3) is 11.5 Å². The van der Waals surface area contributed by atoms with Crippen molar-refractivity contribution in [1.82, 2.24) is 4.57 Å². The Kier molecular flexibility index (Phi) is 4.40. The molecule has 1 amide bonds. The molecule has 3 aromatic rings. The van der Waals surface area contributed by atoms with Crippen LogP contribution in [0.5, 0.6) is 0 Å². The molecule has 0 saturated carbocycles. The summed E-state index contributed by atoms with van der Waals surface area (Å²) in [4.78, 5) is 44.9. The molecule has 2 aliphatic heterocycles. The quantitative estimate of drug-likeness (QED) is 0.628. The van der Waals surface area contributed by atoms with Crippen molar-refractivity contribution in [3.8, 4) is 0 Å². The summed E-state index contributed by atoms with van der Waals surface area (Å²) in [6, 6.07) is 11.2. The Morgan fingerprint density at radius 3 is 2.74 bits per heavy atom. The lowest BCUT2D eigenvalue weighted by Crippen LogP contribution is -2.43. The SMILES string of the molecule is CC(=O)c1cccc(N2CN=c3sc(=C4C(=O)Nc5c(C)cc(C)cc54)c(=O)n3C2)c1. The fraction of sp³-hybridized carbons (Fsp3) is 0.217. The summed E-state index contributed by atoms with van der Waals surface area (Å²) in [6.07, 6.45) is 0. The van der Waals surface area contributed by atoms with Crippen LogP contribution >= 0.6 is 11.3 Å². The molecule has 0 radical (unpaired) electrons. The Bertz CT molecular complexity index is 1460. The first-order valence-electron chi connectivity index (χ1n) is 9.91. The van der Waals surface area contributed by atoms with Gasteiger partial charge in [0.1, 0.15) is 17.9 Å². The van der Waals surface area contributed by atoms with Gasteiger partial charge in [-0.1, -0.05) is 35.1 Å². The van der Waals surface area contributed by atoms with Crippen molar-refractivity contribution in [3.05, 3.63) is 78.3 Å². The number of aryl methyl sites for hydroxylation is 2. The van der Waals surface area contributed by atoms with Gasteiger partial charge in [-0.15, -0.1) is 0 Å². The Balaban J connectivity index is 1.63. The summed E-state index contributed by atoms with van der Waals surface area (Å²) in [5.41, 5.74) is 5.17. The molecule has 0 saturated heterocycles. The molecule has 3 heterocycles. The van der Waals surface area contributed by atoms with Crippen molar-refractivity contribution < 1.29 is 9.59 Å². The second-order valence-corrected chi connectivity index (χ2v) is 8.85. The molecule has 0 atom stereocenters. The third-order valence-electron chi connectivity index (χ3n) is 5.61. The lowest BCUT2D eigenvalue weighted by Gasteiger charge is -2.25. The molecular weight excluding hydrogens is 412 g/mol. The van der Waals surface area contributed by atoms with E-state index in [1.54, 1.807) is 10.6 Å². The van der Waals surface area contributed by atoms with E-state index in [9.17, 15) is 14.4 Å². The van der Waals surface area contributed by atoms with Gasteiger partial charge in [-0.05, 0) is 44.5 Å². The van der Waals surface area contributed by atoms with E-state index in [4.69, 9.17) is 0 Å². The number of benzene rings is 2. The maximum Gasteiger partial charge on any atom is 0.272 e. The normalized spacial score (nSPS) is 16.5. The monoisotopic (exact) mass is 432 g/mol. The molecule has 0 fully saturated rings. The highest BCUT2D eigenvalue weighted by Crippen LogP contribution is 2.33. The lowest BCUT2D eigenvalue weighted by molar-refractivity contribution is -0.110. The minimum Gasteiger partial charge on any atom is -0.334 e. The van der Waals surface area contributed by atoms with Crippen LogP contribution in [-0.2, 0) is 11.5 Å². The summed E-state index contributed by atoms with van der Waals surface area (Å²) in [7, 11) is 0.